The Labute approximate surface area is 121 Å². The Hall–Kier alpha value is -1.08. The number of hydrogen-bond donors (Lipinski definition) is 1. The van der Waals surface area contributed by atoms with E-state index in [1.165, 1.54) is 8.99 Å². The average Bonchev–Trinajstić information content (AvgIpc) is 2.63. The van der Waals surface area contributed by atoms with Crippen molar-refractivity contribution in [2.24, 2.45) is 13.0 Å². The summed E-state index contributed by atoms with van der Waals surface area (Å²) in [6.07, 6.45) is 3.98. The molecule has 6 nitrogen and oxygen atoms in total. The number of nitrogens with zero attached hydrogens (tertiary/aromatic N) is 3. The van der Waals surface area contributed by atoms with Gasteiger partial charge in [-0.1, -0.05) is 6.92 Å². The van der Waals surface area contributed by atoms with Crippen LogP contribution in [0.4, 0.5) is 5.82 Å². The summed E-state index contributed by atoms with van der Waals surface area (Å²) in [5.41, 5.74) is 6.36. The van der Waals surface area contributed by atoms with Crippen LogP contribution in [0.1, 0.15) is 38.3 Å². The molecule has 2 N–H and O–H groups in total. The van der Waals surface area contributed by atoms with E-state index in [1.54, 1.807) is 21.0 Å². The minimum Gasteiger partial charge on any atom is -0.381 e. The van der Waals surface area contributed by atoms with Gasteiger partial charge in [0.25, 0.3) is 0 Å². The van der Waals surface area contributed by atoms with Crippen molar-refractivity contribution in [3.63, 3.8) is 0 Å². The van der Waals surface area contributed by atoms with Crippen molar-refractivity contribution in [2.75, 3.05) is 12.8 Å². The number of nitrogens with two attached hydrogens (primary N) is 1. The second kappa shape index (κ2) is 5.37. The molecule has 1 fully saturated rings. The van der Waals surface area contributed by atoms with Crippen LogP contribution in [-0.2, 0) is 17.1 Å². The number of sulfonamides is 1. The maximum absolute atomic E-state index is 12.8. The molecule has 1 aliphatic carbocycles. The van der Waals surface area contributed by atoms with Crippen molar-refractivity contribution in [3.8, 4) is 0 Å². The lowest BCUT2D eigenvalue weighted by Gasteiger charge is -2.32. The summed E-state index contributed by atoms with van der Waals surface area (Å²) in [5, 5.41) is 4.01. The molecule has 1 aromatic rings. The van der Waals surface area contributed by atoms with Gasteiger partial charge >= 0.3 is 0 Å². The summed E-state index contributed by atoms with van der Waals surface area (Å²) in [5.74, 6) is 0.772. The molecule has 0 unspecified atom stereocenters. The molecular weight excluding hydrogens is 276 g/mol. The van der Waals surface area contributed by atoms with E-state index in [-0.39, 0.29) is 16.8 Å². The summed E-state index contributed by atoms with van der Waals surface area (Å²) < 4.78 is 28.5. The molecule has 0 amide bonds. The van der Waals surface area contributed by atoms with Gasteiger partial charge in [0.15, 0.2) is 5.82 Å². The van der Waals surface area contributed by atoms with Gasteiger partial charge in [-0.15, -0.1) is 0 Å². The minimum atomic E-state index is -3.57. The number of aryl methyl sites for hydroxylation is 1. The van der Waals surface area contributed by atoms with E-state index < -0.39 is 10.0 Å². The molecule has 0 spiro atoms. The molecule has 20 heavy (non-hydrogen) atoms. The van der Waals surface area contributed by atoms with Crippen LogP contribution in [0.2, 0.25) is 0 Å². The lowest BCUT2D eigenvalue weighted by Crippen LogP contribution is -2.39. The highest BCUT2D eigenvalue weighted by Crippen LogP contribution is 2.31. The normalized spacial score (nSPS) is 24.2. The van der Waals surface area contributed by atoms with Crippen LogP contribution in [0, 0.1) is 12.8 Å². The smallest absolute Gasteiger partial charge is 0.248 e. The maximum Gasteiger partial charge on any atom is 0.248 e. The summed E-state index contributed by atoms with van der Waals surface area (Å²) in [7, 11) is -0.216. The van der Waals surface area contributed by atoms with Crippen LogP contribution >= 0.6 is 0 Å². The molecule has 0 aliphatic heterocycles. The van der Waals surface area contributed by atoms with Crippen molar-refractivity contribution < 1.29 is 8.42 Å². The Balaban J connectivity index is 2.30. The topological polar surface area (TPSA) is 81.2 Å². The zero-order valence-corrected chi connectivity index (χ0v) is 13.4. The molecule has 0 aromatic carbocycles. The Morgan fingerprint density at radius 3 is 2.30 bits per heavy atom. The van der Waals surface area contributed by atoms with E-state index in [2.05, 4.69) is 12.0 Å². The predicted octanol–water partition coefficient (Wildman–Crippen LogP) is 1.51. The second-order valence-electron chi connectivity index (χ2n) is 5.86. The van der Waals surface area contributed by atoms with E-state index in [4.69, 9.17) is 5.73 Å². The molecule has 0 bridgehead atoms. The van der Waals surface area contributed by atoms with Crippen LogP contribution in [-0.4, -0.2) is 35.6 Å². The van der Waals surface area contributed by atoms with Crippen molar-refractivity contribution >= 4 is 15.8 Å². The van der Waals surface area contributed by atoms with Gasteiger partial charge in [0.1, 0.15) is 4.90 Å². The van der Waals surface area contributed by atoms with Gasteiger partial charge in [0.2, 0.25) is 10.0 Å². The third-order valence-electron chi connectivity index (χ3n) is 4.44. The van der Waals surface area contributed by atoms with E-state index in [1.807, 2.05) is 0 Å². The number of aromatic nitrogens is 2. The average molecular weight is 300 g/mol. The van der Waals surface area contributed by atoms with Crippen molar-refractivity contribution in [3.05, 3.63) is 5.69 Å². The standard InChI is InChI=1S/C13H24N4O2S/c1-9-5-7-11(8-6-9)17(4)20(18,19)12-10(2)16(3)15-13(12)14/h9,11H,5-8H2,1-4H3,(H2,14,15). The molecule has 1 heterocycles. The Kier molecular flexibility index (Phi) is 4.11. The van der Waals surface area contributed by atoms with E-state index in [9.17, 15) is 8.42 Å². The first-order valence-electron chi connectivity index (χ1n) is 7.02. The first kappa shape index (κ1) is 15.3. The summed E-state index contributed by atoms with van der Waals surface area (Å²) in [6, 6.07) is 0.0650. The fourth-order valence-corrected chi connectivity index (χ4v) is 4.58. The van der Waals surface area contributed by atoms with Gasteiger partial charge in [0.05, 0.1) is 5.69 Å². The molecule has 0 atom stereocenters. The van der Waals surface area contributed by atoms with Gasteiger partial charge in [-0.3, -0.25) is 4.68 Å². The molecule has 114 valence electrons. The Morgan fingerprint density at radius 1 is 1.30 bits per heavy atom. The first-order chi connectivity index (χ1) is 9.25. The van der Waals surface area contributed by atoms with Crippen molar-refractivity contribution in [1.82, 2.24) is 14.1 Å². The van der Waals surface area contributed by atoms with Crippen LogP contribution in [0.25, 0.3) is 0 Å². The quantitative estimate of drug-likeness (QED) is 0.917. The van der Waals surface area contributed by atoms with Gasteiger partial charge in [-0.05, 0) is 38.5 Å². The minimum absolute atomic E-state index is 0.0650. The fourth-order valence-electron chi connectivity index (χ4n) is 2.88. The number of rotatable bonds is 3. The molecule has 1 saturated carbocycles. The van der Waals surface area contributed by atoms with Gasteiger partial charge in [-0.25, -0.2) is 8.42 Å². The van der Waals surface area contributed by atoms with E-state index in [0.717, 1.165) is 25.7 Å². The molecule has 2 rings (SSSR count). The largest absolute Gasteiger partial charge is 0.381 e. The van der Waals surface area contributed by atoms with Crippen LogP contribution < -0.4 is 5.73 Å². The highest BCUT2D eigenvalue weighted by molar-refractivity contribution is 7.89. The maximum atomic E-state index is 12.8. The molecule has 0 saturated heterocycles. The number of anilines is 1. The number of hydrogen-bond acceptors (Lipinski definition) is 4. The molecule has 0 radical (unpaired) electrons. The highest BCUT2D eigenvalue weighted by atomic mass is 32.2. The van der Waals surface area contributed by atoms with E-state index in [0.29, 0.717) is 11.6 Å². The van der Waals surface area contributed by atoms with E-state index >= 15 is 0 Å². The number of nitrogen functional groups attached to an aromatic ring is 1. The highest BCUT2D eigenvalue weighted by Gasteiger charge is 2.34. The second-order valence-corrected chi connectivity index (χ2v) is 7.79. The first-order valence-corrected chi connectivity index (χ1v) is 8.46. The third-order valence-corrected chi connectivity index (χ3v) is 6.52. The molecule has 7 heteroatoms. The summed E-state index contributed by atoms with van der Waals surface area (Å²) >= 11 is 0. The van der Waals surface area contributed by atoms with Crippen LogP contribution in [0.15, 0.2) is 4.90 Å². The Bertz CT molecular complexity index is 586. The molecular formula is C13H24N4O2S. The SMILES string of the molecule is Cc1c(S(=O)(=O)N(C)C2CCC(C)CC2)c(N)nn1C. The van der Waals surface area contributed by atoms with Crippen LogP contribution in [0.3, 0.4) is 0 Å². The van der Waals surface area contributed by atoms with Crippen molar-refractivity contribution in [1.29, 1.82) is 0 Å². The van der Waals surface area contributed by atoms with Gasteiger partial charge in [0, 0.05) is 20.1 Å². The molecule has 1 aromatic heterocycles. The zero-order valence-electron chi connectivity index (χ0n) is 12.6. The zero-order chi connectivity index (χ0) is 15.1. The molecule has 1 aliphatic rings. The fraction of sp³-hybridized carbons (Fsp3) is 0.769. The lowest BCUT2D eigenvalue weighted by molar-refractivity contribution is 0.246. The summed E-state index contributed by atoms with van der Waals surface area (Å²) in [4.78, 5) is 0.154. The van der Waals surface area contributed by atoms with Crippen molar-refractivity contribution in [2.45, 2.75) is 50.5 Å². The predicted molar refractivity (Wildman–Crippen MR) is 78.7 cm³/mol. The Morgan fingerprint density at radius 2 is 1.85 bits per heavy atom. The summed E-state index contributed by atoms with van der Waals surface area (Å²) in [6.45, 7) is 3.95. The van der Waals surface area contributed by atoms with Crippen LogP contribution in [0.5, 0.6) is 0 Å². The third kappa shape index (κ3) is 2.56. The van der Waals surface area contributed by atoms with Gasteiger partial charge in [-0.2, -0.15) is 9.40 Å². The van der Waals surface area contributed by atoms with Gasteiger partial charge < -0.3 is 5.73 Å². The lowest BCUT2D eigenvalue weighted by atomic mass is 9.87. The monoisotopic (exact) mass is 300 g/mol.